The van der Waals surface area contributed by atoms with Crippen LogP contribution < -0.4 is 5.32 Å². The first-order chi connectivity index (χ1) is 10.2. The Balaban J connectivity index is 1.70. The number of aliphatic hydroxyl groups is 1. The zero-order valence-corrected chi connectivity index (χ0v) is 13.8. The van der Waals surface area contributed by atoms with Crippen molar-refractivity contribution in [2.24, 2.45) is 11.8 Å². The standard InChI is InChI=1S/C17H33NO3/c1-14(2)18-17(13-19)8-3-4-16(17)7-11-21-12-15-5-9-20-10-6-15/h14-16,18-19H,3-13H2,1-2H3. The summed E-state index contributed by atoms with van der Waals surface area (Å²) in [6.45, 7) is 8.05. The Morgan fingerprint density at radius 2 is 2.05 bits per heavy atom. The maximum atomic E-state index is 9.88. The Hall–Kier alpha value is -0.160. The van der Waals surface area contributed by atoms with E-state index in [0.717, 1.165) is 52.1 Å². The topological polar surface area (TPSA) is 50.7 Å². The highest BCUT2D eigenvalue weighted by Gasteiger charge is 2.42. The zero-order chi connectivity index (χ0) is 15.1. The largest absolute Gasteiger partial charge is 0.394 e. The smallest absolute Gasteiger partial charge is 0.0616 e. The molecule has 2 fully saturated rings. The van der Waals surface area contributed by atoms with E-state index >= 15 is 0 Å². The Morgan fingerprint density at radius 1 is 1.29 bits per heavy atom. The summed E-state index contributed by atoms with van der Waals surface area (Å²) in [6, 6.07) is 0.418. The molecule has 124 valence electrons. The first-order valence-electron chi connectivity index (χ1n) is 8.70. The highest BCUT2D eigenvalue weighted by molar-refractivity contribution is 4.99. The molecule has 0 aromatic carbocycles. The van der Waals surface area contributed by atoms with Crippen molar-refractivity contribution in [3.63, 3.8) is 0 Å². The fourth-order valence-corrected chi connectivity index (χ4v) is 3.97. The lowest BCUT2D eigenvalue weighted by Gasteiger charge is -2.37. The first kappa shape index (κ1) is 17.2. The van der Waals surface area contributed by atoms with Crippen LogP contribution in [0.1, 0.15) is 52.4 Å². The van der Waals surface area contributed by atoms with Crippen LogP contribution in [0.2, 0.25) is 0 Å². The molecule has 2 unspecified atom stereocenters. The first-order valence-corrected chi connectivity index (χ1v) is 8.70. The van der Waals surface area contributed by atoms with Crippen LogP contribution >= 0.6 is 0 Å². The summed E-state index contributed by atoms with van der Waals surface area (Å²) in [7, 11) is 0. The minimum atomic E-state index is -0.0732. The molecular weight excluding hydrogens is 266 g/mol. The normalized spacial score (nSPS) is 31.1. The molecule has 1 heterocycles. The van der Waals surface area contributed by atoms with Crippen LogP contribution in [-0.4, -0.2) is 49.7 Å². The lowest BCUT2D eigenvalue weighted by atomic mass is 9.85. The van der Waals surface area contributed by atoms with Gasteiger partial charge in [0.05, 0.1) is 6.61 Å². The predicted molar refractivity (Wildman–Crippen MR) is 84.4 cm³/mol. The molecule has 0 aromatic rings. The second-order valence-corrected chi connectivity index (χ2v) is 7.12. The monoisotopic (exact) mass is 299 g/mol. The van der Waals surface area contributed by atoms with Gasteiger partial charge in [0.15, 0.2) is 0 Å². The third-order valence-corrected chi connectivity index (χ3v) is 5.12. The van der Waals surface area contributed by atoms with Crippen LogP contribution in [0, 0.1) is 11.8 Å². The van der Waals surface area contributed by atoms with Gasteiger partial charge in [0.1, 0.15) is 0 Å². The van der Waals surface area contributed by atoms with Crippen molar-refractivity contribution in [3.05, 3.63) is 0 Å². The van der Waals surface area contributed by atoms with E-state index in [1.807, 2.05) is 0 Å². The molecule has 0 aromatic heterocycles. The van der Waals surface area contributed by atoms with Crippen LogP contribution in [0.3, 0.4) is 0 Å². The van der Waals surface area contributed by atoms with Gasteiger partial charge in [-0.1, -0.05) is 20.3 Å². The van der Waals surface area contributed by atoms with Gasteiger partial charge < -0.3 is 19.9 Å². The number of hydrogen-bond donors (Lipinski definition) is 2. The third-order valence-electron chi connectivity index (χ3n) is 5.12. The van der Waals surface area contributed by atoms with Gasteiger partial charge >= 0.3 is 0 Å². The molecule has 21 heavy (non-hydrogen) atoms. The van der Waals surface area contributed by atoms with E-state index < -0.39 is 0 Å². The SMILES string of the molecule is CC(C)NC1(CO)CCCC1CCOCC1CCOCC1. The van der Waals surface area contributed by atoms with Crippen molar-refractivity contribution in [1.82, 2.24) is 5.32 Å². The molecule has 2 aliphatic rings. The molecule has 0 radical (unpaired) electrons. The summed E-state index contributed by atoms with van der Waals surface area (Å²) in [5, 5.41) is 13.5. The van der Waals surface area contributed by atoms with Crippen LogP contribution in [0.15, 0.2) is 0 Å². The Morgan fingerprint density at radius 3 is 2.71 bits per heavy atom. The van der Waals surface area contributed by atoms with Crippen molar-refractivity contribution in [1.29, 1.82) is 0 Å². The molecule has 2 N–H and O–H groups in total. The van der Waals surface area contributed by atoms with Crippen LogP contribution in [0.5, 0.6) is 0 Å². The van der Waals surface area contributed by atoms with Gasteiger partial charge in [0.25, 0.3) is 0 Å². The molecule has 1 aliphatic carbocycles. The minimum Gasteiger partial charge on any atom is -0.394 e. The highest BCUT2D eigenvalue weighted by Crippen LogP contribution is 2.38. The third kappa shape index (κ3) is 4.92. The average Bonchev–Trinajstić information content (AvgIpc) is 2.87. The molecular formula is C17H33NO3. The summed E-state index contributed by atoms with van der Waals surface area (Å²) in [6.07, 6.45) is 6.85. The van der Waals surface area contributed by atoms with Gasteiger partial charge in [-0.25, -0.2) is 0 Å². The van der Waals surface area contributed by atoms with E-state index in [0.29, 0.717) is 17.9 Å². The molecule has 0 bridgehead atoms. The van der Waals surface area contributed by atoms with Crippen LogP contribution in [-0.2, 0) is 9.47 Å². The molecule has 0 amide bonds. The van der Waals surface area contributed by atoms with Gasteiger partial charge in [-0.2, -0.15) is 0 Å². The summed E-state index contributed by atoms with van der Waals surface area (Å²) < 4.78 is 11.3. The molecule has 0 spiro atoms. The molecule has 2 rings (SSSR count). The van der Waals surface area contributed by atoms with Crippen molar-refractivity contribution >= 4 is 0 Å². The fraction of sp³-hybridized carbons (Fsp3) is 1.00. The summed E-state index contributed by atoms with van der Waals surface area (Å²) >= 11 is 0. The minimum absolute atomic E-state index is 0.0732. The van der Waals surface area contributed by atoms with E-state index in [1.165, 1.54) is 12.8 Å². The van der Waals surface area contributed by atoms with E-state index in [9.17, 15) is 5.11 Å². The fourth-order valence-electron chi connectivity index (χ4n) is 3.97. The molecule has 1 saturated heterocycles. The molecule has 4 nitrogen and oxygen atoms in total. The van der Waals surface area contributed by atoms with Crippen molar-refractivity contribution in [3.8, 4) is 0 Å². The van der Waals surface area contributed by atoms with E-state index in [4.69, 9.17) is 9.47 Å². The second-order valence-electron chi connectivity index (χ2n) is 7.12. The number of aliphatic hydroxyl groups excluding tert-OH is 1. The van der Waals surface area contributed by atoms with Gasteiger partial charge in [0.2, 0.25) is 0 Å². The second kappa shape index (κ2) is 8.47. The maximum Gasteiger partial charge on any atom is 0.0616 e. The molecule has 1 saturated carbocycles. The van der Waals surface area contributed by atoms with Gasteiger partial charge in [-0.3, -0.25) is 0 Å². The van der Waals surface area contributed by atoms with Crippen molar-refractivity contribution in [2.45, 2.75) is 64.0 Å². The summed E-state index contributed by atoms with van der Waals surface area (Å²) in [5.41, 5.74) is -0.0732. The van der Waals surface area contributed by atoms with Gasteiger partial charge in [-0.15, -0.1) is 0 Å². The summed E-state index contributed by atoms with van der Waals surface area (Å²) in [5.74, 6) is 1.22. The Bertz CT molecular complexity index is 292. The zero-order valence-electron chi connectivity index (χ0n) is 13.8. The lowest BCUT2D eigenvalue weighted by molar-refractivity contribution is 0.0128. The molecule has 1 aliphatic heterocycles. The van der Waals surface area contributed by atoms with Gasteiger partial charge in [0, 0.05) is 38.0 Å². The van der Waals surface area contributed by atoms with E-state index in [1.54, 1.807) is 0 Å². The van der Waals surface area contributed by atoms with Crippen molar-refractivity contribution in [2.75, 3.05) is 33.0 Å². The quantitative estimate of drug-likeness (QED) is 0.676. The van der Waals surface area contributed by atoms with E-state index in [2.05, 4.69) is 19.2 Å². The Labute approximate surface area is 129 Å². The van der Waals surface area contributed by atoms with Crippen LogP contribution in [0.25, 0.3) is 0 Å². The van der Waals surface area contributed by atoms with Crippen LogP contribution in [0.4, 0.5) is 0 Å². The lowest BCUT2D eigenvalue weighted by Crippen LogP contribution is -2.54. The maximum absolute atomic E-state index is 9.88. The molecule has 2 atom stereocenters. The van der Waals surface area contributed by atoms with Gasteiger partial charge in [-0.05, 0) is 43.9 Å². The number of nitrogens with one attached hydrogen (secondary N) is 1. The van der Waals surface area contributed by atoms with E-state index in [-0.39, 0.29) is 12.1 Å². The Kier molecular flexibility index (Phi) is 6.93. The summed E-state index contributed by atoms with van der Waals surface area (Å²) in [4.78, 5) is 0. The van der Waals surface area contributed by atoms with Crippen molar-refractivity contribution < 1.29 is 14.6 Å². The predicted octanol–water partition coefficient (Wildman–Crippen LogP) is 2.35. The number of ether oxygens (including phenoxy) is 2. The average molecular weight is 299 g/mol. The number of hydrogen-bond acceptors (Lipinski definition) is 4. The molecule has 4 heteroatoms. The number of rotatable bonds is 8. The highest BCUT2D eigenvalue weighted by atomic mass is 16.5.